The fourth-order valence-electron chi connectivity index (χ4n) is 11.4. The van der Waals surface area contributed by atoms with Gasteiger partial charge in [0.15, 0.2) is 12.2 Å². The molecular formula is C75H146O17P2. The van der Waals surface area contributed by atoms with Crippen molar-refractivity contribution in [2.45, 2.75) is 401 Å². The summed E-state index contributed by atoms with van der Waals surface area (Å²) in [4.78, 5) is 72.5. The van der Waals surface area contributed by atoms with E-state index in [1.165, 1.54) is 186 Å². The Kier molecular flexibility index (Phi) is 64.3. The minimum Gasteiger partial charge on any atom is -0.462 e. The van der Waals surface area contributed by atoms with Gasteiger partial charge in [-0.05, 0) is 43.4 Å². The standard InChI is InChI=1S/C75H146O17P2/c1-8-9-10-39-49-56-72(77)85-62-70(91-74(79)59-52-45-38-32-26-20-23-29-35-42-48-55-68(6)7)64-89-93(81,82)87-60-69(76)61-88-94(83,84)90-65-71(63-86-73(78)57-50-43-36-30-24-18-15-14-17-22-28-34-41-47-54-67(4)5)92-75(80)58-51-44-37-31-25-19-13-11-12-16-21-27-33-40-46-53-66(2)3/h66-71,76H,8-65H2,1-7H3,(H,81,82)(H,83,84)/t69-,70+,71+/m0/s1. The van der Waals surface area contributed by atoms with Crippen LogP contribution in [0.15, 0.2) is 0 Å². The minimum atomic E-state index is -4.96. The summed E-state index contributed by atoms with van der Waals surface area (Å²) in [5, 5.41) is 10.6. The molecule has 0 rings (SSSR count). The largest absolute Gasteiger partial charge is 0.472 e. The van der Waals surface area contributed by atoms with Gasteiger partial charge in [-0.1, -0.05) is 331 Å². The highest BCUT2D eigenvalue weighted by Crippen LogP contribution is 2.45. The molecule has 0 aromatic rings. The van der Waals surface area contributed by atoms with Crippen LogP contribution in [0.1, 0.15) is 382 Å². The number of hydrogen-bond acceptors (Lipinski definition) is 15. The Balaban J connectivity index is 5.15. The van der Waals surface area contributed by atoms with Gasteiger partial charge in [0.1, 0.15) is 19.3 Å². The molecule has 17 nitrogen and oxygen atoms in total. The first kappa shape index (κ1) is 92.1. The summed E-state index contributed by atoms with van der Waals surface area (Å²) >= 11 is 0. The molecule has 3 N–H and O–H groups in total. The van der Waals surface area contributed by atoms with Crippen molar-refractivity contribution in [2.24, 2.45) is 17.8 Å². The number of carbonyl (C=O) groups is 4. The summed E-state index contributed by atoms with van der Waals surface area (Å²) in [6.45, 7) is 11.9. The van der Waals surface area contributed by atoms with Crippen molar-refractivity contribution < 1.29 is 80.2 Å². The van der Waals surface area contributed by atoms with Gasteiger partial charge in [0, 0.05) is 25.7 Å². The van der Waals surface area contributed by atoms with Gasteiger partial charge in [-0.2, -0.15) is 0 Å². The number of rotatable bonds is 73. The topological polar surface area (TPSA) is 237 Å². The zero-order valence-electron chi connectivity index (χ0n) is 61.4. The highest BCUT2D eigenvalue weighted by atomic mass is 31.2. The Morgan fingerprint density at radius 1 is 0.287 bits per heavy atom. The quantitative estimate of drug-likeness (QED) is 0.0222. The van der Waals surface area contributed by atoms with E-state index in [-0.39, 0.29) is 25.7 Å². The fourth-order valence-corrected chi connectivity index (χ4v) is 13.0. The molecule has 0 amide bonds. The van der Waals surface area contributed by atoms with Crippen LogP contribution in [-0.4, -0.2) is 96.7 Å². The third kappa shape index (κ3) is 68.6. The zero-order chi connectivity index (χ0) is 69.4. The number of esters is 4. The van der Waals surface area contributed by atoms with E-state index in [1.54, 1.807) is 0 Å². The predicted molar refractivity (Wildman–Crippen MR) is 381 cm³/mol. The number of carbonyl (C=O) groups excluding carboxylic acids is 4. The van der Waals surface area contributed by atoms with E-state index < -0.39 is 97.5 Å². The molecule has 0 fully saturated rings. The Morgan fingerprint density at radius 2 is 0.489 bits per heavy atom. The SMILES string of the molecule is CCCCCCCC(=O)OC[C@H](COP(=O)(O)OC[C@H](O)COP(=O)(O)OC[C@@H](COC(=O)CCCCCCCCCCCCCCCCC(C)C)OC(=O)CCCCCCCCCCCCCCCCCC(C)C)OC(=O)CCCCCCCCCCCCCC(C)C. The van der Waals surface area contributed by atoms with Crippen LogP contribution in [0, 0.1) is 17.8 Å². The Morgan fingerprint density at radius 3 is 0.723 bits per heavy atom. The van der Waals surface area contributed by atoms with Crippen molar-refractivity contribution in [3.63, 3.8) is 0 Å². The van der Waals surface area contributed by atoms with Crippen LogP contribution in [0.5, 0.6) is 0 Å². The van der Waals surface area contributed by atoms with Crippen molar-refractivity contribution in [1.29, 1.82) is 0 Å². The van der Waals surface area contributed by atoms with Gasteiger partial charge in [-0.25, -0.2) is 9.13 Å². The number of hydrogen-bond donors (Lipinski definition) is 3. The monoisotopic (exact) mass is 1380 g/mol. The van der Waals surface area contributed by atoms with Gasteiger partial charge in [0.2, 0.25) is 0 Å². The second kappa shape index (κ2) is 65.7. The van der Waals surface area contributed by atoms with Crippen molar-refractivity contribution >= 4 is 39.5 Å². The average Bonchev–Trinajstić information content (AvgIpc) is 1.33. The van der Waals surface area contributed by atoms with Crippen molar-refractivity contribution in [1.82, 2.24) is 0 Å². The van der Waals surface area contributed by atoms with Crippen molar-refractivity contribution in [3.05, 3.63) is 0 Å². The smallest absolute Gasteiger partial charge is 0.462 e. The third-order valence-corrected chi connectivity index (χ3v) is 19.3. The first-order valence-electron chi connectivity index (χ1n) is 38.8. The lowest BCUT2D eigenvalue weighted by atomic mass is 10.0. The number of aliphatic hydroxyl groups excluding tert-OH is 1. The average molecular weight is 1380 g/mol. The molecule has 0 aliphatic carbocycles. The number of phosphoric ester groups is 2. The molecule has 94 heavy (non-hydrogen) atoms. The predicted octanol–water partition coefficient (Wildman–Crippen LogP) is 21.8. The number of phosphoric acid groups is 2. The molecule has 0 aliphatic heterocycles. The van der Waals surface area contributed by atoms with Gasteiger partial charge in [-0.15, -0.1) is 0 Å². The lowest BCUT2D eigenvalue weighted by Crippen LogP contribution is -2.30. The van der Waals surface area contributed by atoms with Gasteiger partial charge >= 0.3 is 39.5 Å². The highest BCUT2D eigenvalue weighted by Gasteiger charge is 2.30. The van der Waals surface area contributed by atoms with Crippen LogP contribution >= 0.6 is 15.6 Å². The van der Waals surface area contributed by atoms with E-state index >= 15 is 0 Å². The van der Waals surface area contributed by atoms with Crippen LogP contribution in [-0.2, 0) is 65.4 Å². The summed E-state index contributed by atoms with van der Waals surface area (Å²) in [5.74, 6) is 0.238. The van der Waals surface area contributed by atoms with Gasteiger partial charge < -0.3 is 33.8 Å². The Bertz CT molecular complexity index is 1840. The summed E-state index contributed by atoms with van der Waals surface area (Å²) in [6.07, 6.45) is 51.7. The summed E-state index contributed by atoms with van der Waals surface area (Å²) in [7, 11) is -9.90. The second-order valence-corrected chi connectivity index (χ2v) is 31.4. The van der Waals surface area contributed by atoms with E-state index in [2.05, 4.69) is 48.5 Å². The Labute approximate surface area is 575 Å². The van der Waals surface area contributed by atoms with Crippen LogP contribution in [0.3, 0.4) is 0 Å². The zero-order valence-corrected chi connectivity index (χ0v) is 63.2. The van der Waals surface area contributed by atoms with Crippen LogP contribution in [0.2, 0.25) is 0 Å². The molecule has 5 atom stereocenters. The second-order valence-electron chi connectivity index (χ2n) is 28.5. The molecule has 19 heteroatoms. The molecule has 558 valence electrons. The van der Waals surface area contributed by atoms with Crippen LogP contribution < -0.4 is 0 Å². The third-order valence-electron chi connectivity index (χ3n) is 17.4. The lowest BCUT2D eigenvalue weighted by molar-refractivity contribution is -0.161. The van der Waals surface area contributed by atoms with E-state index in [0.717, 1.165) is 114 Å². The first-order chi connectivity index (χ1) is 45.2. The van der Waals surface area contributed by atoms with Gasteiger partial charge in [0.25, 0.3) is 0 Å². The molecular weight excluding hydrogens is 1230 g/mol. The van der Waals surface area contributed by atoms with E-state index in [0.29, 0.717) is 25.7 Å². The van der Waals surface area contributed by atoms with Crippen molar-refractivity contribution in [3.8, 4) is 0 Å². The maximum Gasteiger partial charge on any atom is 0.472 e. The first-order valence-corrected chi connectivity index (χ1v) is 41.8. The molecule has 0 bridgehead atoms. The summed E-state index contributed by atoms with van der Waals surface area (Å²) in [5.41, 5.74) is 0. The van der Waals surface area contributed by atoms with Gasteiger partial charge in [-0.3, -0.25) is 37.3 Å². The summed E-state index contributed by atoms with van der Waals surface area (Å²) < 4.78 is 68.3. The van der Waals surface area contributed by atoms with Crippen molar-refractivity contribution in [2.75, 3.05) is 39.6 Å². The van der Waals surface area contributed by atoms with Crippen LogP contribution in [0.4, 0.5) is 0 Å². The molecule has 2 unspecified atom stereocenters. The number of ether oxygens (including phenoxy) is 4. The van der Waals surface area contributed by atoms with E-state index in [9.17, 15) is 43.2 Å². The number of unbranched alkanes of at least 4 members (excludes halogenated alkanes) is 41. The highest BCUT2D eigenvalue weighted by molar-refractivity contribution is 7.47. The fraction of sp³-hybridized carbons (Fsp3) is 0.947. The molecule has 0 spiro atoms. The molecule has 0 radical (unpaired) electrons. The molecule has 0 saturated carbocycles. The molecule has 0 aromatic carbocycles. The Hall–Kier alpha value is -1.94. The maximum absolute atomic E-state index is 13.1. The van der Waals surface area contributed by atoms with E-state index in [1.807, 2.05) is 0 Å². The van der Waals surface area contributed by atoms with Crippen LogP contribution in [0.25, 0.3) is 0 Å². The lowest BCUT2D eigenvalue weighted by Gasteiger charge is -2.21. The summed E-state index contributed by atoms with van der Waals surface area (Å²) in [6, 6.07) is 0. The molecule has 0 aromatic heterocycles. The molecule has 0 aliphatic rings. The molecule has 0 saturated heterocycles. The van der Waals surface area contributed by atoms with Gasteiger partial charge in [0.05, 0.1) is 26.4 Å². The number of aliphatic hydroxyl groups is 1. The molecule has 0 heterocycles. The maximum atomic E-state index is 13.1. The normalized spacial score (nSPS) is 14.1. The van der Waals surface area contributed by atoms with E-state index in [4.69, 9.17) is 37.0 Å². The minimum absolute atomic E-state index is 0.105.